The number of hydrogen-bond acceptors (Lipinski definition) is 9. The number of benzene rings is 4. The van der Waals surface area contributed by atoms with Crippen LogP contribution in [0.2, 0.25) is 10.0 Å². The zero-order chi connectivity index (χ0) is 36.7. The van der Waals surface area contributed by atoms with Gasteiger partial charge in [0.15, 0.2) is 13.2 Å². The smallest absolute Gasteiger partial charge is 0.344 e. The lowest BCUT2D eigenvalue weighted by Crippen LogP contribution is -2.25. The first-order valence-electron chi connectivity index (χ1n) is 16.7. The highest BCUT2D eigenvalue weighted by Crippen LogP contribution is 2.30. The molecule has 6 aromatic rings. The van der Waals surface area contributed by atoms with Crippen LogP contribution in [0.5, 0.6) is 17.2 Å². The van der Waals surface area contributed by atoms with Crippen LogP contribution in [0.15, 0.2) is 122 Å². The number of rotatable bonds is 14. The molecule has 11 heteroatoms. The second-order valence-corrected chi connectivity index (χ2v) is 12.5. The molecule has 2 aromatic heterocycles. The number of pyridine rings is 2. The zero-order valence-corrected chi connectivity index (χ0v) is 30.3. The van der Waals surface area contributed by atoms with Crippen molar-refractivity contribution in [3.8, 4) is 17.2 Å². The first-order chi connectivity index (χ1) is 25.3. The van der Waals surface area contributed by atoms with E-state index in [1.807, 2.05) is 67.6 Å². The zero-order valence-electron chi connectivity index (χ0n) is 28.7. The van der Waals surface area contributed by atoms with E-state index in [1.54, 1.807) is 55.7 Å². The number of aromatic nitrogens is 2. The van der Waals surface area contributed by atoms with Crippen molar-refractivity contribution in [3.05, 3.63) is 137 Å². The molecule has 0 aliphatic carbocycles. The summed E-state index contributed by atoms with van der Waals surface area (Å²) in [5, 5.41) is 2.73. The number of esters is 2. The molecule has 9 nitrogen and oxygen atoms in total. The van der Waals surface area contributed by atoms with Crippen LogP contribution in [0.1, 0.15) is 25.8 Å². The fourth-order valence-electron chi connectivity index (χ4n) is 5.08. The minimum atomic E-state index is -0.479. The highest BCUT2D eigenvalue weighted by Gasteiger charge is 2.15. The van der Waals surface area contributed by atoms with E-state index in [1.165, 1.54) is 5.56 Å². The highest BCUT2D eigenvalue weighted by molar-refractivity contribution is 6.36. The van der Waals surface area contributed by atoms with Crippen molar-refractivity contribution in [2.75, 3.05) is 19.8 Å². The van der Waals surface area contributed by atoms with Crippen molar-refractivity contribution in [2.24, 2.45) is 0 Å². The van der Waals surface area contributed by atoms with Gasteiger partial charge in [-0.15, -0.1) is 0 Å². The van der Waals surface area contributed by atoms with Gasteiger partial charge in [-0.1, -0.05) is 71.7 Å². The molecule has 0 saturated heterocycles. The highest BCUT2D eigenvalue weighted by atomic mass is 35.5. The molecule has 6 rings (SSSR count). The van der Waals surface area contributed by atoms with Crippen LogP contribution in [0.25, 0.3) is 21.8 Å². The third-order valence-corrected chi connectivity index (χ3v) is 8.28. The van der Waals surface area contributed by atoms with Gasteiger partial charge >= 0.3 is 11.9 Å². The molecular formula is C41H38Cl2N2O7. The number of ether oxygens (including phenoxy) is 5. The lowest BCUT2D eigenvalue weighted by molar-refractivity contribution is -0.152. The topological polar surface area (TPSA) is 106 Å². The third kappa shape index (κ3) is 11.3. The Kier molecular flexibility index (Phi) is 14.0. The minimum absolute atomic E-state index is 0.164. The van der Waals surface area contributed by atoms with Gasteiger partial charge < -0.3 is 23.7 Å². The lowest BCUT2D eigenvalue weighted by atomic mass is 10.1. The number of hydrogen-bond donors (Lipinski definition) is 0. The molecule has 0 aliphatic rings. The molecule has 0 fully saturated rings. The maximum Gasteiger partial charge on any atom is 0.344 e. The number of carbonyl (C=O) groups is 2. The van der Waals surface area contributed by atoms with Crippen molar-refractivity contribution < 1.29 is 33.3 Å². The van der Waals surface area contributed by atoms with Gasteiger partial charge in [0.25, 0.3) is 0 Å². The van der Waals surface area contributed by atoms with E-state index in [4.69, 9.17) is 46.9 Å². The average molecular weight is 742 g/mol. The summed E-state index contributed by atoms with van der Waals surface area (Å²) in [5.74, 6) is 0.845. The molecule has 0 radical (unpaired) electrons. The number of para-hydroxylation sites is 1. The largest absolute Gasteiger partial charge is 0.490 e. The summed E-state index contributed by atoms with van der Waals surface area (Å²) in [7, 11) is 0. The summed E-state index contributed by atoms with van der Waals surface area (Å²) in [6, 6.07) is 33.6. The summed E-state index contributed by atoms with van der Waals surface area (Å²) in [5.41, 5.74) is 2.46. The standard InChI is InChI=1S/C21H20ClNO3.C20H18ClNO4/c1-15(9-10-16-6-3-2-4-7-16)26-20(24)14-25-19-12-11-18(22)17-8-5-13-23-21(17)19;1-14(12-24-15-6-3-2-4-7-15)26-19(23)13-25-18-10-9-17(21)16-8-5-11-22-20(16)18/h2-8,11-13,15H,9-10,14H2,1H3;2-11,14H,12-13H2,1H3. The molecule has 2 heterocycles. The van der Waals surface area contributed by atoms with E-state index in [0.717, 1.165) is 29.4 Å². The van der Waals surface area contributed by atoms with Crippen LogP contribution in [0.3, 0.4) is 0 Å². The molecular weight excluding hydrogens is 703 g/mol. The van der Waals surface area contributed by atoms with E-state index < -0.39 is 18.0 Å². The second-order valence-electron chi connectivity index (χ2n) is 11.7. The molecule has 2 unspecified atom stereocenters. The summed E-state index contributed by atoms with van der Waals surface area (Å²) in [6.45, 7) is 3.54. The molecule has 4 aromatic carbocycles. The molecule has 52 heavy (non-hydrogen) atoms. The van der Waals surface area contributed by atoms with Gasteiger partial charge in [-0.3, -0.25) is 9.97 Å². The van der Waals surface area contributed by atoms with E-state index in [-0.39, 0.29) is 25.9 Å². The number of aryl methyl sites for hydroxylation is 1. The van der Waals surface area contributed by atoms with Gasteiger partial charge in [0.2, 0.25) is 0 Å². The molecule has 268 valence electrons. The van der Waals surface area contributed by atoms with Crippen LogP contribution in [-0.2, 0) is 25.5 Å². The third-order valence-electron chi connectivity index (χ3n) is 7.63. The quantitative estimate of drug-likeness (QED) is 0.101. The van der Waals surface area contributed by atoms with Crippen LogP contribution >= 0.6 is 23.2 Å². The molecule has 0 saturated carbocycles. The van der Waals surface area contributed by atoms with Gasteiger partial charge in [-0.05, 0) is 92.9 Å². The first kappa shape index (κ1) is 37.9. The van der Waals surface area contributed by atoms with Gasteiger partial charge in [-0.2, -0.15) is 0 Å². The molecule has 0 N–H and O–H groups in total. The maximum atomic E-state index is 12.0. The predicted molar refractivity (Wildman–Crippen MR) is 202 cm³/mol. The fraction of sp³-hybridized carbons (Fsp3) is 0.220. The molecule has 0 aliphatic heterocycles. The lowest BCUT2D eigenvalue weighted by Gasteiger charge is -2.15. The van der Waals surface area contributed by atoms with Crippen molar-refractivity contribution in [1.82, 2.24) is 9.97 Å². The van der Waals surface area contributed by atoms with E-state index in [0.29, 0.717) is 32.6 Å². The van der Waals surface area contributed by atoms with Gasteiger partial charge in [0.1, 0.15) is 41.0 Å². The maximum absolute atomic E-state index is 12.0. The van der Waals surface area contributed by atoms with Gasteiger partial charge in [0, 0.05) is 23.2 Å². The Labute approximate surface area is 312 Å². The normalized spacial score (nSPS) is 11.8. The van der Waals surface area contributed by atoms with Gasteiger partial charge in [-0.25, -0.2) is 9.59 Å². The van der Waals surface area contributed by atoms with Crippen LogP contribution in [0, 0.1) is 0 Å². The molecule has 2 atom stereocenters. The number of fused-ring (bicyclic) bond motifs is 2. The summed E-state index contributed by atoms with van der Waals surface area (Å²) < 4.78 is 27.4. The number of nitrogens with zero attached hydrogens (tertiary/aromatic N) is 2. The van der Waals surface area contributed by atoms with Gasteiger partial charge in [0.05, 0.1) is 16.1 Å². The molecule has 0 bridgehead atoms. The van der Waals surface area contributed by atoms with Crippen LogP contribution in [0.4, 0.5) is 0 Å². The Hall–Kier alpha value is -5.38. The monoisotopic (exact) mass is 740 g/mol. The SMILES string of the molecule is CC(CCc1ccccc1)OC(=O)COc1ccc(Cl)c2cccnc12.CC(COc1ccccc1)OC(=O)COc1ccc(Cl)c2cccnc12. The minimum Gasteiger partial charge on any atom is -0.490 e. The predicted octanol–water partition coefficient (Wildman–Crippen LogP) is 9.11. The number of halogens is 2. The Balaban J connectivity index is 0.000000201. The van der Waals surface area contributed by atoms with Crippen molar-refractivity contribution in [3.63, 3.8) is 0 Å². The van der Waals surface area contributed by atoms with Crippen LogP contribution < -0.4 is 14.2 Å². The fourth-order valence-corrected chi connectivity index (χ4v) is 5.52. The Morgan fingerprint density at radius 3 is 1.63 bits per heavy atom. The summed E-state index contributed by atoms with van der Waals surface area (Å²) in [6.07, 6.45) is 4.36. The summed E-state index contributed by atoms with van der Waals surface area (Å²) >= 11 is 12.3. The number of carbonyl (C=O) groups excluding carboxylic acids is 2. The van der Waals surface area contributed by atoms with E-state index in [9.17, 15) is 9.59 Å². The van der Waals surface area contributed by atoms with E-state index in [2.05, 4.69) is 22.1 Å². The van der Waals surface area contributed by atoms with Crippen molar-refractivity contribution >= 4 is 56.9 Å². The van der Waals surface area contributed by atoms with Crippen LogP contribution in [-0.4, -0.2) is 53.9 Å². The average Bonchev–Trinajstić information content (AvgIpc) is 3.17. The Morgan fingerprint density at radius 1 is 0.596 bits per heavy atom. The second kappa shape index (κ2) is 19.3. The Bertz CT molecular complexity index is 1920. The summed E-state index contributed by atoms with van der Waals surface area (Å²) in [4.78, 5) is 32.6. The van der Waals surface area contributed by atoms with Crippen molar-refractivity contribution in [2.45, 2.75) is 38.9 Å². The van der Waals surface area contributed by atoms with Crippen molar-refractivity contribution in [1.29, 1.82) is 0 Å². The molecule has 0 spiro atoms. The Morgan fingerprint density at radius 2 is 1.10 bits per heavy atom. The first-order valence-corrected chi connectivity index (χ1v) is 17.4. The molecule has 0 amide bonds. The van der Waals surface area contributed by atoms with E-state index >= 15 is 0 Å².